The third-order valence-corrected chi connectivity index (χ3v) is 0.631. The number of methoxy groups -OCH3 is 1. The maximum Gasteiger partial charge on any atom is 0.0895 e. The van der Waals surface area contributed by atoms with Crippen LogP contribution in [0.1, 0.15) is 0 Å². The van der Waals surface area contributed by atoms with Crippen LogP contribution in [0.25, 0.3) is 0 Å². The predicted octanol–water partition coefficient (Wildman–Crippen LogP) is -1.05. The summed E-state index contributed by atoms with van der Waals surface area (Å²) >= 11 is 0. The van der Waals surface area contributed by atoms with Gasteiger partial charge >= 0.3 is 0 Å². The highest BCUT2D eigenvalue weighted by Crippen LogP contribution is 1.75. The van der Waals surface area contributed by atoms with Crippen molar-refractivity contribution in [1.29, 1.82) is 0 Å². The summed E-state index contributed by atoms with van der Waals surface area (Å²) in [6, 6.07) is 0. The summed E-state index contributed by atoms with van der Waals surface area (Å²) in [5.41, 5.74) is 5.03. The average Bonchev–Trinajstić information content (AvgIpc) is 1.68. The molecule has 3 heteroatoms. The quantitative estimate of drug-likeness (QED) is 0.481. The minimum atomic E-state index is -0.495. The molecule has 0 heterocycles. The van der Waals surface area contributed by atoms with Crippen LogP contribution >= 0.6 is 0 Å². The fraction of sp³-hybridized carbons (Fsp3) is 1.00. The molecule has 0 radical (unpaired) electrons. The normalized spacial score (nSPS) is 14.1. The van der Waals surface area contributed by atoms with E-state index in [9.17, 15) is 0 Å². The summed E-state index contributed by atoms with van der Waals surface area (Å²) in [6.07, 6.45) is -0.495. The van der Waals surface area contributed by atoms with E-state index in [4.69, 9.17) is 10.8 Å². The van der Waals surface area contributed by atoms with Crippen molar-refractivity contribution in [2.45, 2.75) is 6.10 Å². The van der Waals surface area contributed by atoms with Crippen LogP contribution in [0.2, 0.25) is 0 Å². The van der Waals surface area contributed by atoms with E-state index in [1.54, 1.807) is 0 Å². The lowest BCUT2D eigenvalue weighted by molar-refractivity contribution is 0.0702. The lowest BCUT2D eigenvalue weighted by atomic mass is 10.4. The van der Waals surface area contributed by atoms with Gasteiger partial charge in [-0.3, -0.25) is 0 Å². The zero-order valence-electron chi connectivity index (χ0n) is 4.42. The Bertz CT molecular complexity index is 40.7. The first-order valence-corrected chi connectivity index (χ1v) is 2.18. The second-order valence-corrected chi connectivity index (χ2v) is 1.34. The highest BCUT2D eigenvalue weighted by atomic mass is 16.5. The molecule has 0 spiro atoms. The van der Waals surface area contributed by atoms with Gasteiger partial charge in [-0.25, -0.2) is 0 Å². The number of aliphatic hydroxyl groups is 1. The van der Waals surface area contributed by atoms with Gasteiger partial charge in [-0.05, 0) is 0 Å². The number of hydrogen-bond acceptors (Lipinski definition) is 3. The molecule has 44 valence electrons. The largest absolute Gasteiger partial charge is 0.389 e. The van der Waals surface area contributed by atoms with E-state index in [0.717, 1.165) is 0 Å². The molecule has 0 saturated carbocycles. The molecule has 3 nitrogen and oxygen atoms in total. The van der Waals surface area contributed by atoms with E-state index in [0.29, 0.717) is 6.61 Å². The molecule has 0 aliphatic rings. The molecular weight excluding hydrogens is 94.0 g/mol. The maximum absolute atomic E-state index is 8.61. The Morgan fingerprint density at radius 1 is 1.86 bits per heavy atom. The number of hydrogen-bond donors (Lipinski definition) is 2. The summed E-state index contributed by atoms with van der Waals surface area (Å²) in [4.78, 5) is 0. The second kappa shape index (κ2) is 4.05. The van der Waals surface area contributed by atoms with E-state index in [1.165, 1.54) is 7.11 Å². The van der Waals surface area contributed by atoms with Crippen molar-refractivity contribution in [3.05, 3.63) is 0 Å². The Kier molecular flexibility index (Phi) is 3.98. The van der Waals surface area contributed by atoms with Crippen LogP contribution in [-0.2, 0) is 4.74 Å². The van der Waals surface area contributed by atoms with Crippen LogP contribution in [0.4, 0.5) is 0 Å². The van der Waals surface area contributed by atoms with Crippen molar-refractivity contribution in [1.82, 2.24) is 0 Å². The number of ether oxygens (including phenoxy) is 1. The van der Waals surface area contributed by atoms with Gasteiger partial charge in [0, 0.05) is 13.7 Å². The van der Waals surface area contributed by atoms with Crippen LogP contribution < -0.4 is 5.73 Å². The zero-order valence-corrected chi connectivity index (χ0v) is 4.42. The maximum atomic E-state index is 8.61. The van der Waals surface area contributed by atoms with E-state index >= 15 is 0 Å². The van der Waals surface area contributed by atoms with Gasteiger partial charge in [-0.15, -0.1) is 0 Å². The van der Waals surface area contributed by atoms with Gasteiger partial charge in [0.05, 0.1) is 12.7 Å². The molecule has 0 aromatic carbocycles. The van der Waals surface area contributed by atoms with Gasteiger partial charge in [0.15, 0.2) is 0 Å². The van der Waals surface area contributed by atoms with Gasteiger partial charge < -0.3 is 15.6 Å². The number of nitrogens with two attached hydrogens (primary N) is 1. The first-order valence-electron chi connectivity index (χ1n) is 2.18. The van der Waals surface area contributed by atoms with Crippen LogP contribution in [0.3, 0.4) is 0 Å². The second-order valence-electron chi connectivity index (χ2n) is 1.34. The molecule has 7 heavy (non-hydrogen) atoms. The van der Waals surface area contributed by atoms with Crippen molar-refractivity contribution >= 4 is 0 Å². The Hall–Kier alpha value is -0.120. The molecule has 0 aromatic rings. The lowest BCUT2D eigenvalue weighted by Gasteiger charge is -2.02. The van der Waals surface area contributed by atoms with Gasteiger partial charge in [0.25, 0.3) is 0 Å². The summed E-state index contributed by atoms with van der Waals surface area (Å²) in [6.45, 7) is 0.602. The molecule has 0 aliphatic carbocycles. The summed E-state index contributed by atoms with van der Waals surface area (Å²) in [5.74, 6) is 0. The Morgan fingerprint density at radius 2 is 2.43 bits per heavy atom. The Labute approximate surface area is 43.1 Å². The molecule has 0 amide bonds. The first kappa shape index (κ1) is 6.88. The number of aliphatic hydroxyl groups excluding tert-OH is 1. The number of rotatable bonds is 3. The predicted molar refractivity (Wildman–Crippen MR) is 26.9 cm³/mol. The highest BCUT2D eigenvalue weighted by Gasteiger charge is 1.95. The van der Waals surface area contributed by atoms with Crippen molar-refractivity contribution in [3.63, 3.8) is 0 Å². The van der Waals surface area contributed by atoms with Crippen LogP contribution in [0, 0.1) is 0 Å². The monoisotopic (exact) mass is 105 g/mol. The molecule has 0 saturated heterocycles. The standard InChI is InChI=1S/C4H11NO2/c1-7-3-4(6)2-5/h4,6H,2-3,5H2,1H3. The average molecular weight is 105 g/mol. The van der Waals surface area contributed by atoms with E-state index in [-0.39, 0.29) is 6.54 Å². The fourth-order valence-corrected chi connectivity index (χ4v) is 0.260. The molecule has 0 aliphatic heterocycles. The highest BCUT2D eigenvalue weighted by molar-refractivity contribution is 4.50. The lowest BCUT2D eigenvalue weighted by Crippen LogP contribution is -2.24. The van der Waals surface area contributed by atoms with E-state index in [1.807, 2.05) is 0 Å². The van der Waals surface area contributed by atoms with Crippen molar-refractivity contribution in [3.8, 4) is 0 Å². The third kappa shape index (κ3) is 3.72. The molecule has 1 atom stereocenters. The Morgan fingerprint density at radius 3 is 2.57 bits per heavy atom. The zero-order chi connectivity index (χ0) is 5.70. The molecule has 3 N–H and O–H groups in total. The Balaban J connectivity index is 2.83. The van der Waals surface area contributed by atoms with Crippen molar-refractivity contribution in [2.24, 2.45) is 5.73 Å². The molecule has 0 bridgehead atoms. The summed E-state index contributed by atoms with van der Waals surface area (Å²) in [5, 5.41) is 8.61. The summed E-state index contributed by atoms with van der Waals surface area (Å²) in [7, 11) is 1.53. The van der Waals surface area contributed by atoms with E-state index in [2.05, 4.69) is 4.74 Å². The smallest absolute Gasteiger partial charge is 0.0895 e. The fourth-order valence-electron chi connectivity index (χ4n) is 0.260. The van der Waals surface area contributed by atoms with Gasteiger partial charge in [0.1, 0.15) is 0 Å². The molecule has 0 rings (SSSR count). The molecular formula is C4H11NO2. The SMILES string of the molecule is COCC(O)CN. The summed E-state index contributed by atoms with van der Waals surface area (Å²) < 4.78 is 4.56. The molecule has 0 aromatic heterocycles. The minimum absolute atomic E-state index is 0.272. The minimum Gasteiger partial charge on any atom is -0.389 e. The van der Waals surface area contributed by atoms with Crippen LogP contribution in [0.5, 0.6) is 0 Å². The van der Waals surface area contributed by atoms with Gasteiger partial charge in [-0.2, -0.15) is 0 Å². The first-order chi connectivity index (χ1) is 3.31. The van der Waals surface area contributed by atoms with Crippen LogP contribution in [-0.4, -0.2) is 31.5 Å². The van der Waals surface area contributed by atoms with Crippen molar-refractivity contribution in [2.75, 3.05) is 20.3 Å². The van der Waals surface area contributed by atoms with E-state index < -0.39 is 6.10 Å². The molecule has 1 unspecified atom stereocenters. The van der Waals surface area contributed by atoms with Crippen LogP contribution in [0.15, 0.2) is 0 Å². The topological polar surface area (TPSA) is 55.5 Å². The van der Waals surface area contributed by atoms with Crippen molar-refractivity contribution < 1.29 is 9.84 Å². The molecule has 0 fully saturated rings. The van der Waals surface area contributed by atoms with Gasteiger partial charge in [0.2, 0.25) is 0 Å². The van der Waals surface area contributed by atoms with Gasteiger partial charge in [-0.1, -0.05) is 0 Å². The third-order valence-electron chi connectivity index (χ3n) is 0.631.